The Morgan fingerprint density at radius 1 is 1.17 bits per heavy atom. The Morgan fingerprint density at radius 2 is 2.03 bits per heavy atom. The zero-order valence-electron chi connectivity index (χ0n) is 19.9. The molecule has 0 saturated heterocycles. The molecule has 2 saturated carbocycles. The van der Waals surface area contributed by atoms with Gasteiger partial charge in [-0.3, -0.25) is 14.5 Å². The molecule has 1 aromatic carbocycles. The maximum Gasteiger partial charge on any atom is 0.295 e. The summed E-state index contributed by atoms with van der Waals surface area (Å²) in [5, 5.41) is 4.13. The van der Waals surface area contributed by atoms with Gasteiger partial charge in [-0.2, -0.15) is 0 Å². The molecule has 1 aromatic heterocycles. The standard InChI is InChI=1S/C28H30N2O5/c1-3-13-33-19-9-6-8-18(15-19)24-23-25(31)21-12-11-17-7-4-5-10-20(17)26(21)34-27(23)28(32)30(24)22-14-16(2)35-29-22/h3,6,8-9,14-15,17,20-21,24,26H,1,4-5,7,10-13H2,2H3. The second-order valence-electron chi connectivity index (χ2n) is 10.1. The van der Waals surface area contributed by atoms with Crippen LogP contribution in [0.25, 0.3) is 0 Å². The number of benzene rings is 1. The number of anilines is 1. The van der Waals surface area contributed by atoms with Gasteiger partial charge >= 0.3 is 0 Å². The van der Waals surface area contributed by atoms with Crippen LogP contribution in [0.4, 0.5) is 5.82 Å². The highest BCUT2D eigenvalue weighted by Gasteiger charge is 2.56. The first kappa shape index (κ1) is 22.1. The van der Waals surface area contributed by atoms with Crippen LogP contribution < -0.4 is 9.64 Å². The molecule has 35 heavy (non-hydrogen) atoms. The summed E-state index contributed by atoms with van der Waals surface area (Å²) in [5.74, 6) is 2.22. The van der Waals surface area contributed by atoms with Crippen molar-refractivity contribution in [1.29, 1.82) is 0 Å². The molecule has 0 bridgehead atoms. The summed E-state index contributed by atoms with van der Waals surface area (Å²) < 4.78 is 17.6. The molecule has 6 rings (SSSR count). The highest BCUT2D eigenvalue weighted by molar-refractivity contribution is 6.17. The summed E-state index contributed by atoms with van der Waals surface area (Å²) in [4.78, 5) is 29.5. The number of ether oxygens (including phenoxy) is 2. The van der Waals surface area contributed by atoms with Crippen LogP contribution in [0, 0.1) is 24.7 Å². The predicted molar refractivity (Wildman–Crippen MR) is 129 cm³/mol. The third kappa shape index (κ3) is 3.60. The summed E-state index contributed by atoms with van der Waals surface area (Å²) in [6, 6.07) is 8.57. The zero-order chi connectivity index (χ0) is 24.1. The van der Waals surface area contributed by atoms with Crippen LogP contribution in [0.5, 0.6) is 5.75 Å². The maximum absolute atomic E-state index is 14.1. The van der Waals surface area contributed by atoms with Gasteiger partial charge in [0, 0.05) is 6.07 Å². The molecule has 1 amide bonds. The number of carbonyl (C=O) groups is 2. The Labute approximate surface area is 204 Å². The van der Waals surface area contributed by atoms with Crippen molar-refractivity contribution in [3.05, 3.63) is 65.6 Å². The molecule has 4 aliphatic rings. The number of hydrogen-bond donors (Lipinski definition) is 0. The molecule has 7 nitrogen and oxygen atoms in total. The first-order chi connectivity index (χ1) is 17.1. The lowest BCUT2D eigenvalue weighted by Crippen LogP contribution is -2.48. The molecule has 182 valence electrons. The van der Waals surface area contributed by atoms with Gasteiger partial charge in [0.2, 0.25) is 0 Å². The molecular formula is C28H30N2O5. The molecule has 5 unspecified atom stereocenters. The van der Waals surface area contributed by atoms with E-state index in [1.807, 2.05) is 24.3 Å². The molecule has 2 aromatic rings. The Bertz CT molecular complexity index is 1210. The minimum Gasteiger partial charge on any atom is -0.490 e. The summed E-state index contributed by atoms with van der Waals surface area (Å²) in [6.07, 6.45) is 7.98. The normalized spacial score (nSPS) is 29.9. The number of aromatic nitrogens is 1. The molecular weight excluding hydrogens is 444 g/mol. The van der Waals surface area contributed by atoms with Gasteiger partial charge in [-0.1, -0.05) is 49.2 Å². The quantitative estimate of drug-likeness (QED) is 0.563. The molecule has 7 heteroatoms. The molecule has 2 aliphatic carbocycles. The van der Waals surface area contributed by atoms with Crippen LogP contribution in [0.1, 0.15) is 55.9 Å². The van der Waals surface area contributed by atoms with Crippen LogP contribution in [0.2, 0.25) is 0 Å². The number of aryl methyl sites for hydroxylation is 1. The van der Waals surface area contributed by atoms with Crippen LogP contribution >= 0.6 is 0 Å². The van der Waals surface area contributed by atoms with Crippen LogP contribution in [0.3, 0.4) is 0 Å². The minimum absolute atomic E-state index is 0.0405. The van der Waals surface area contributed by atoms with Crippen molar-refractivity contribution in [2.75, 3.05) is 11.5 Å². The van der Waals surface area contributed by atoms with Crippen LogP contribution in [0.15, 0.2) is 58.8 Å². The molecule has 5 atom stereocenters. The lowest BCUT2D eigenvalue weighted by Gasteiger charge is -2.46. The van der Waals surface area contributed by atoms with Crippen LogP contribution in [-0.2, 0) is 14.3 Å². The van der Waals surface area contributed by atoms with E-state index in [9.17, 15) is 9.59 Å². The Kier molecular flexibility index (Phi) is 5.50. The van der Waals surface area contributed by atoms with Crippen molar-refractivity contribution in [3.63, 3.8) is 0 Å². The van der Waals surface area contributed by atoms with E-state index in [1.165, 1.54) is 12.8 Å². The Morgan fingerprint density at radius 3 is 2.83 bits per heavy atom. The van der Waals surface area contributed by atoms with E-state index < -0.39 is 6.04 Å². The number of amides is 1. The number of hydrogen-bond acceptors (Lipinski definition) is 6. The van der Waals surface area contributed by atoms with E-state index in [1.54, 1.807) is 24.0 Å². The Balaban J connectivity index is 1.44. The lowest BCUT2D eigenvalue weighted by molar-refractivity contribution is -0.139. The first-order valence-corrected chi connectivity index (χ1v) is 12.6. The van der Waals surface area contributed by atoms with E-state index >= 15 is 0 Å². The topological polar surface area (TPSA) is 81.9 Å². The fraction of sp³-hybridized carbons (Fsp3) is 0.464. The van der Waals surface area contributed by atoms with Crippen molar-refractivity contribution in [2.45, 2.75) is 57.6 Å². The van der Waals surface area contributed by atoms with Crippen molar-refractivity contribution in [2.24, 2.45) is 17.8 Å². The third-order valence-corrected chi connectivity index (χ3v) is 8.08. The molecule has 2 fully saturated rings. The van der Waals surface area contributed by atoms with Crippen molar-refractivity contribution in [3.8, 4) is 5.75 Å². The van der Waals surface area contributed by atoms with Gasteiger partial charge in [0.1, 0.15) is 24.2 Å². The van der Waals surface area contributed by atoms with Gasteiger partial charge in [0.25, 0.3) is 5.91 Å². The molecule has 0 spiro atoms. The van der Waals surface area contributed by atoms with Gasteiger partial charge in [-0.05, 0) is 55.7 Å². The number of rotatable bonds is 5. The predicted octanol–water partition coefficient (Wildman–Crippen LogP) is 5.07. The maximum atomic E-state index is 14.1. The highest BCUT2D eigenvalue weighted by atomic mass is 16.5. The molecule has 0 radical (unpaired) electrons. The molecule has 0 N–H and O–H groups in total. The van der Waals surface area contributed by atoms with Crippen LogP contribution in [-0.4, -0.2) is 29.6 Å². The minimum atomic E-state index is -0.646. The molecule has 3 heterocycles. The average molecular weight is 475 g/mol. The summed E-state index contributed by atoms with van der Waals surface area (Å²) >= 11 is 0. The Hall–Kier alpha value is -3.35. The van der Waals surface area contributed by atoms with Gasteiger partial charge in [-0.25, -0.2) is 0 Å². The largest absolute Gasteiger partial charge is 0.490 e. The van der Waals surface area contributed by atoms with E-state index in [2.05, 4.69) is 11.7 Å². The second-order valence-corrected chi connectivity index (χ2v) is 10.1. The number of Topliss-reactive ketones (excluding diaryl/α,β-unsaturated/α-hetero) is 1. The third-order valence-electron chi connectivity index (χ3n) is 8.08. The number of fused-ring (bicyclic) bond motifs is 3. The number of nitrogens with zero attached hydrogens (tertiary/aromatic N) is 2. The van der Waals surface area contributed by atoms with Crippen molar-refractivity contribution < 1.29 is 23.6 Å². The summed E-state index contributed by atoms with van der Waals surface area (Å²) in [7, 11) is 0. The zero-order valence-corrected chi connectivity index (χ0v) is 19.9. The van der Waals surface area contributed by atoms with E-state index in [0.29, 0.717) is 41.3 Å². The fourth-order valence-electron chi connectivity index (χ4n) is 6.57. The van der Waals surface area contributed by atoms with E-state index in [0.717, 1.165) is 31.2 Å². The van der Waals surface area contributed by atoms with Crippen molar-refractivity contribution >= 4 is 17.5 Å². The van der Waals surface area contributed by atoms with Gasteiger partial charge < -0.3 is 14.0 Å². The SMILES string of the molecule is C=CCOc1cccc(C2C3=C(OC4C(CCC5CCCCC54)C3=O)C(=O)N2c2cc(C)on2)c1. The van der Waals surface area contributed by atoms with Gasteiger partial charge in [0.15, 0.2) is 17.4 Å². The first-order valence-electron chi connectivity index (χ1n) is 12.6. The summed E-state index contributed by atoms with van der Waals surface area (Å²) in [6.45, 7) is 5.85. The van der Waals surface area contributed by atoms with E-state index in [4.69, 9.17) is 14.0 Å². The fourth-order valence-corrected chi connectivity index (χ4v) is 6.57. The highest BCUT2D eigenvalue weighted by Crippen LogP contribution is 2.52. The lowest BCUT2D eigenvalue weighted by atomic mass is 9.63. The second kappa shape index (κ2) is 8.70. The van der Waals surface area contributed by atoms with Crippen molar-refractivity contribution in [1.82, 2.24) is 5.16 Å². The monoisotopic (exact) mass is 474 g/mol. The smallest absolute Gasteiger partial charge is 0.295 e. The number of ketones is 1. The molecule has 2 aliphatic heterocycles. The number of carbonyl (C=O) groups excluding carboxylic acids is 2. The van der Waals surface area contributed by atoms with E-state index in [-0.39, 0.29) is 29.5 Å². The summed E-state index contributed by atoms with van der Waals surface area (Å²) in [5.41, 5.74) is 1.21. The van der Waals surface area contributed by atoms with Gasteiger partial charge in [0.05, 0.1) is 17.5 Å². The van der Waals surface area contributed by atoms with Gasteiger partial charge in [-0.15, -0.1) is 0 Å². The average Bonchev–Trinajstić information content (AvgIpc) is 3.43.